The quantitative estimate of drug-likeness (QED) is 0.355. The number of methoxy groups -OCH3 is 2. The minimum atomic E-state index is -2.70. The predicted octanol–water partition coefficient (Wildman–Crippen LogP) is 1.31. The number of benzene rings is 1. The molecule has 1 aromatic rings. The van der Waals surface area contributed by atoms with Crippen molar-refractivity contribution in [1.82, 2.24) is 0 Å². The Balaban J connectivity index is 2.81. The third kappa shape index (κ3) is 2.41. The zero-order valence-electron chi connectivity index (χ0n) is 13.0. The molecule has 0 radical (unpaired) electrons. The van der Waals surface area contributed by atoms with Gasteiger partial charge in [-0.2, -0.15) is 0 Å². The molecule has 0 aromatic heterocycles. The van der Waals surface area contributed by atoms with E-state index in [1.165, 1.54) is 38.5 Å². The first-order valence-electron chi connectivity index (χ1n) is 6.80. The number of rotatable bonds is 5. The van der Waals surface area contributed by atoms with Crippen molar-refractivity contribution < 1.29 is 19.3 Å². The third-order valence-electron chi connectivity index (χ3n) is 4.04. The van der Waals surface area contributed by atoms with Gasteiger partial charge in [0.1, 0.15) is 21.8 Å². The van der Waals surface area contributed by atoms with Gasteiger partial charge in [-0.1, -0.05) is 12.1 Å². The van der Waals surface area contributed by atoms with Crippen LogP contribution in [0.4, 0.5) is 5.69 Å². The summed E-state index contributed by atoms with van der Waals surface area (Å²) in [6.45, 7) is 0. The number of anilines is 1. The summed E-state index contributed by atoms with van der Waals surface area (Å²) in [7, 11) is 2.50. The molecule has 0 bridgehead atoms. The molecule has 1 aromatic carbocycles. The third-order valence-corrected chi connectivity index (χ3v) is 4.04. The summed E-state index contributed by atoms with van der Waals surface area (Å²) in [6.07, 6.45) is 0.320. The van der Waals surface area contributed by atoms with Crippen LogP contribution < -0.4 is 5.73 Å². The molecule has 0 fully saturated rings. The van der Waals surface area contributed by atoms with Gasteiger partial charge in [0.2, 0.25) is 5.79 Å². The minimum Gasteiger partial charge on any atom is -0.399 e. The number of hydrogen-bond acceptors (Lipinski definition) is 8. The van der Waals surface area contributed by atoms with Crippen molar-refractivity contribution in [1.29, 1.82) is 5.41 Å². The highest BCUT2D eigenvalue weighted by Gasteiger charge is 2.66. The van der Waals surface area contributed by atoms with E-state index < -0.39 is 33.4 Å². The van der Waals surface area contributed by atoms with Crippen LogP contribution in [0.1, 0.15) is 12.0 Å². The Morgan fingerprint density at radius 2 is 1.62 bits per heavy atom. The Hall–Kier alpha value is -2.85. The summed E-state index contributed by atoms with van der Waals surface area (Å²) in [4.78, 5) is 21.2. The monoisotopic (exact) mass is 336 g/mol. The molecule has 10 heteroatoms. The van der Waals surface area contributed by atoms with Crippen LogP contribution in [0.15, 0.2) is 30.3 Å². The Labute approximate surface area is 136 Å². The van der Waals surface area contributed by atoms with E-state index >= 15 is 0 Å². The standard InChI is InChI=1S/C14H16N4O6/c1-23-14(24-2)7-11(9-3-5-10(15)6-4-9)13(17(19)20,18(21)22)8-12(14)16/h3-7,16H,8,15H2,1-2H3. The normalized spacial score (nSPS) is 18.8. The van der Waals surface area contributed by atoms with Gasteiger partial charge in [0.05, 0.1) is 5.71 Å². The van der Waals surface area contributed by atoms with E-state index in [1.54, 1.807) is 0 Å². The highest BCUT2D eigenvalue weighted by molar-refractivity contribution is 5.98. The molecule has 1 aliphatic carbocycles. The maximum Gasteiger partial charge on any atom is 0.490 e. The van der Waals surface area contributed by atoms with Gasteiger partial charge in [-0.3, -0.25) is 20.2 Å². The molecule has 2 rings (SSSR count). The molecule has 24 heavy (non-hydrogen) atoms. The first-order chi connectivity index (χ1) is 11.2. The van der Waals surface area contributed by atoms with Crippen molar-refractivity contribution in [2.24, 2.45) is 0 Å². The average Bonchev–Trinajstić information content (AvgIpc) is 2.55. The van der Waals surface area contributed by atoms with E-state index in [-0.39, 0.29) is 11.1 Å². The van der Waals surface area contributed by atoms with Crippen LogP contribution in [0.3, 0.4) is 0 Å². The largest absolute Gasteiger partial charge is 0.490 e. The minimum absolute atomic E-state index is 0.225. The number of hydrogen-bond donors (Lipinski definition) is 2. The van der Waals surface area contributed by atoms with Crippen LogP contribution in [0.25, 0.3) is 5.57 Å². The van der Waals surface area contributed by atoms with Gasteiger partial charge >= 0.3 is 5.66 Å². The molecule has 0 saturated heterocycles. The van der Waals surface area contributed by atoms with Gasteiger partial charge < -0.3 is 20.6 Å². The maximum absolute atomic E-state index is 11.6. The number of nitrogen functional groups attached to an aromatic ring is 1. The lowest BCUT2D eigenvalue weighted by molar-refractivity contribution is -0.775. The van der Waals surface area contributed by atoms with Crippen molar-refractivity contribution in [2.75, 3.05) is 20.0 Å². The predicted molar refractivity (Wildman–Crippen MR) is 84.6 cm³/mol. The fraction of sp³-hybridized carbons (Fsp3) is 0.357. The van der Waals surface area contributed by atoms with E-state index in [4.69, 9.17) is 20.6 Å². The van der Waals surface area contributed by atoms with Gasteiger partial charge in [0.25, 0.3) is 0 Å². The Kier molecular flexibility index (Phi) is 4.36. The summed E-state index contributed by atoms with van der Waals surface area (Å²) in [6, 6.07) is 5.83. The second-order valence-corrected chi connectivity index (χ2v) is 5.24. The fourth-order valence-corrected chi connectivity index (χ4v) is 2.67. The fourth-order valence-electron chi connectivity index (χ4n) is 2.67. The van der Waals surface area contributed by atoms with Crippen molar-refractivity contribution in [3.63, 3.8) is 0 Å². The summed E-state index contributed by atoms with van der Waals surface area (Å²) in [5.41, 5.74) is 2.89. The molecule has 0 amide bonds. The van der Waals surface area contributed by atoms with Crippen molar-refractivity contribution >= 4 is 17.0 Å². The second-order valence-electron chi connectivity index (χ2n) is 5.24. The summed E-state index contributed by atoms with van der Waals surface area (Å²) in [5.74, 6) is -1.70. The molecule has 128 valence electrons. The number of nitro groups is 2. The molecule has 0 spiro atoms. The molecule has 0 heterocycles. The number of nitrogens with two attached hydrogens (primary N) is 1. The first-order valence-corrected chi connectivity index (χ1v) is 6.80. The average molecular weight is 336 g/mol. The second kappa shape index (κ2) is 5.98. The lowest BCUT2D eigenvalue weighted by Crippen LogP contribution is -2.57. The van der Waals surface area contributed by atoms with E-state index in [2.05, 4.69) is 0 Å². The van der Waals surface area contributed by atoms with Gasteiger partial charge in [-0.15, -0.1) is 0 Å². The van der Waals surface area contributed by atoms with Crippen LogP contribution in [-0.2, 0) is 9.47 Å². The van der Waals surface area contributed by atoms with Crippen molar-refractivity contribution in [3.8, 4) is 0 Å². The SMILES string of the molecule is COC1(OC)C=C(c2ccc(N)cc2)C([N+](=O)[O-])([N+](=O)[O-])CC1=N. The summed E-state index contributed by atoms with van der Waals surface area (Å²) in [5, 5.41) is 31.2. The van der Waals surface area contributed by atoms with Crippen LogP contribution in [0.2, 0.25) is 0 Å². The molecule has 0 unspecified atom stereocenters. The zero-order valence-corrected chi connectivity index (χ0v) is 13.0. The van der Waals surface area contributed by atoms with Gasteiger partial charge in [-0.05, 0) is 23.8 Å². The van der Waals surface area contributed by atoms with Gasteiger partial charge in [-0.25, -0.2) is 0 Å². The van der Waals surface area contributed by atoms with Crippen molar-refractivity contribution in [3.05, 3.63) is 56.1 Å². The van der Waals surface area contributed by atoms with E-state index in [0.717, 1.165) is 6.08 Å². The van der Waals surface area contributed by atoms with Crippen LogP contribution >= 0.6 is 0 Å². The molecule has 0 saturated carbocycles. The highest BCUT2D eigenvalue weighted by Crippen LogP contribution is 2.42. The van der Waals surface area contributed by atoms with Crippen LogP contribution in [0, 0.1) is 25.6 Å². The molecule has 10 nitrogen and oxygen atoms in total. The smallest absolute Gasteiger partial charge is 0.399 e. The Bertz CT molecular complexity index is 709. The summed E-state index contributed by atoms with van der Waals surface area (Å²) >= 11 is 0. The lowest BCUT2D eigenvalue weighted by atomic mass is 9.80. The van der Waals surface area contributed by atoms with Crippen molar-refractivity contribution in [2.45, 2.75) is 17.9 Å². The summed E-state index contributed by atoms with van der Waals surface area (Å²) < 4.78 is 10.4. The van der Waals surface area contributed by atoms with Gasteiger partial charge in [0.15, 0.2) is 0 Å². The van der Waals surface area contributed by atoms with Crippen LogP contribution in [0.5, 0.6) is 0 Å². The topological polar surface area (TPSA) is 155 Å². The molecule has 1 aliphatic rings. The molecule has 3 N–H and O–H groups in total. The van der Waals surface area contributed by atoms with Gasteiger partial charge in [0, 0.05) is 19.9 Å². The Morgan fingerprint density at radius 3 is 2.04 bits per heavy atom. The molecular weight excluding hydrogens is 320 g/mol. The van der Waals surface area contributed by atoms with Crippen LogP contribution in [-0.4, -0.2) is 41.2 Å². The number of ether oxygens (including phenoxy) is 2. The van der Waals surface area contributed by atoms with E-state index in [9.17, 15) is 20.2 Å². The number of nitrogens with zero attached hydrogens (tertiary/aromatic N) is 2. The zero-order chi connectivity index (χ0) is 18.1. The van der Waals surface area contributed by atoms with E-state index in [1.807, 2.05) is 0 Å². The first kappa shape index (κ1) is 17.5. The molecule has 0 aliphatic heterocycles. The Morgan fingerprint density at radius 1 is 1.12 bits per heavy atom. The number of nitrogens with one attached hydrogen (secondary N) is 1. The maximum atomic E-state index is 11.6. The highest BCUT2D eigenvalue weighted by atomic mass is 16.7. The molecular formula is C14H16N4O6. The molecule has 0 atom stereocenters. The lowest BCUT2D eigenvalue weighted by Gasteiger charge is -2.35. The van der Waals surface area contributed by atoms with E-state index in [0.29, 0.717) is 5.69 Å².